The fraction of sp³-hybridized carbons (Fsp3) is 0.379. The normalized spacial score (nSPS) is 20.6. The van der Waals surface area contributed by atoms with Crippen LogP contribution in [0.1, 0.15) is 62.7 Å². The Morgan fingerprint density at radius 3 is 2.62 bits per heavy atom. The van der Waals surface area contributed by atoms with Crippen molar-refractivity contribution in [3.05, 3.63) is 82.4 Å². The molecule has 2 aromatic rings. The molecule has 2 heterocycles. The molecule has 1 aromatic carbocycles. The molecule has 2 aliphatic rings. The van der Waals surface area contributed by atoms with Crippen LogP contribution in [0.3, 0.4) is 0 Å². The number of aryl methyl sites for hydroxylation is 2. The average molecular weight is 474 g/mol. The molecule has 1 amide bonds. The molecule has 1 fully saturated rings. The van der Waals surface area contributed by atoms with E-state index in [0.29, 0.717) is 17.5 Å². The van der Waals surface area contributed by atoms with Gasteiger partial charge in [-0.25, -0.2) is 4.98 Å². The summed E-state index contributed by atoms with van der Waals surface area (Å²) in [5.41, 5.74) is 7.44. The number of amides is 1. The zero-order valence-electron chi connectivity index (χ0n) is 20.9. The molecular formula is C29H35N3OS. The highest BCUT2D eigenvalue weighted by Gasteiger charge is 2.28. The maximum atomic E-state index is 12.7. The highest BCUT2D eigenvalue weighted by atomic mass is 32.1. The third-order valence-electron chi connectivity index (χ3n) is 6.70. The third kappa shape index (κ3) is 4.95. The number of rotatable bonds is 7. The quantitative estimate of drug-likeness (QED) is 0.465. The second-order valence-corrected chi connectivity index (χ2v) is 10.7. The summed E-state index contributed by atoms with van der Waals surface area (Å²) in [6.07, 6.45) is 9.90. The van der Waals surface area contributed by atoms with Gasteiger partial charge in [0.1, 0.15) is 0 Å². The molecule has 1 saturated carbocycles. The Morgan fingerprint density at radius 1 is 1.26 bits per heavy atom. The fourth-order valence-corrected chi connectivity index (χ4v) is 5.90. The van der Waals surface area contributed by atoms with Crippen LogP contribution in [0.4, 0.5) is 0 Å². The minimum absolute atomic E-state index is 0.00856. The number of thiazole rings is 1. The summed E-state index contributed by atoms with van der Waals surface area (Å²) in [4.78, 5) is 20.7. The first-order valence-electron chi connectivity index (χ1n) is 12.2. The van der Waals surface area contributed by atoms with Crippen LogP contribution >= 0.6 is 11.3 Å². The lowest BCUT2D eigenvalue weighted by Crippen LogP contribution is -2.44. The van der Waals surface area contributed by atoms with E-state index < -0.39 is 0 Å². The van der Waals surface area contributed by atoms with Gasteiger partial charge in [-0.1, -0.05) is 51.1 Å². The second kappa shape index (κ2) is 10.1. The van der Waals surface area contributed by atoms with Gasteiger partial charge in [0.25, 0.3) is 5.91 Å². The van der Waals surface area contributed by atoms with E-state index in [-0.39, 0.29) is 5.91 Å². The summed E-state index contributed by atoms with van der Waals surface area (Å²) >= 11 is 1.75. The Hall–Kier alpha value is -2.92. The van der Waals surface area contributed by atoms with Gasteiger partial charge in [0.05, 0.1) is 15.6 Å². The molecule has 0 unspecified atom stereocenters. The van der Waals surface area contributed by atoms with Crippen molar-refractivity contribution in [2.45, 2.75) is 66.3 Å². The SMILES string of the molecule is C=C1C=C(C(=O)NC2CC(C)C2)C=CN1/C(C)=C(\CCC)c1ccccc1-c1sc(C)nc1C. The molecule has 4 nitrogen and oxygen atoms in total. The molecule has 0 atom stereocenters. The van der Waals surface area contributed by atoms with Crippen molar-refractivity contribution in [3.8, 4) is 10.4 Å². The number of nitrogens with zero attached hydrogens (tertiary/aromatic N) is 2. The molecule has 178 valence electrons. The zero-order chi connectivity index (χ0) is 24.4. The van der Waals surface area contributed by atoms with E-state index in [2.05, 4.69) is 80.7 Å². The number of benzene rings is 1. The van der Waals surface area contributed by atoms with Crippen LogP contribution in [0.15, 0.2) is 66.2 Å². The van der Waals surface area contributed by atoms with Crippen LogP contribution in [0.5, 0.6) is 0 Å². The maximum Gasteiger partial charge on any atom is 0.251 e. The van der Waals surface area contributed by atoms with E-state index in [0.717, 1.165) is 47.8 Å². The Balaban J connectivity index is 1.64. The van der Waals surface area contributed by atoms with Crippen molar-refractivity contribution in [1.29, 1.82) is 0 Å². The molecule has 1 aliphatic carbocycles. The summed E-state index contributed by atoms with van der Waals surface area (Å²) < 4.78 is 0. The standard InChI is InChI=1S/C29H35N3OS/c1-7-10-25(26-11-8-9-12-27(26)28-20(4)30-22(6)34-28)21(5)32-14-13-23(17-19(32)3)29(33)31-24-15-18(2)16-24/h8-9,11-14,17-18,24H,3,7,10,15-16H2,1-2,4-6H3,(H,31,33)/b25-21+. The van der Waals surface area contributed by atoms with Gasteiger partial charge >= 0.3 is 0 Å². The van der Waals surface area contributed by atoms with Crippen molar-refractivity contribution < 1.29 is 4.79 Å². The van der Waals surface area contributed by atoms with Crippen LogP contribution in [0.2, 0.25) is 0 Å². The van der Waals surface area contributed by atoms with Crippen LogP contribution < -0.4 is 5.32 Å². The summed E-state index contributed by atoms with van der Waals surface area (Å²) in [5, 5.41) is 4.23. The molecule has 34 heavy (non-hydrogen) atoms. The smallest absolute Gasteiger partial charge is 0.251 e. The highest BCUT2D eigenvalue weighted by molar-refractivity contribution is 7.15. The number of carbonyl (C=O) groups excluding carboxylic acids is 1. The summed E-state index contributed by atoms with van der Waals surface area (Å²) in [5.74, 6) is 0.697. The number of nitrogens with one attached hydrogen (secondary N) is 1. The molecule has 4 rings (SSSR count). The number of carbonyl (C=O) groups is 1. The van der Waals surface area contributed by atoms with Gasteiger partial charge in [-0.2, -0.15) is 0 Å². The van der Waals surface area contributed by atoms with E-state index in [1.54, 1.807) is 11.3 Å². The van der Waals surface area contributed by atoms with Gasteiger partial charge in [-0.05, 0) is 69.2 Å². The van der Waals surface area contributed by atoms with Gasteiger partial charge in [-0.15, -0.1) is 11.3 Å². The highest BCUT2D eigenvalue weighted by Crippen LogP contribution is 2.39. The fourth-order valence-electron chi connectivity index (χ4n) is 4.94. The van der Waals surface area contributed by atoms with Crippen molar-refractivity contribution in [2.24, 2.45) is 5.92 Å². The van der Waals surface area contributed by atoms with Crippen molar-refractivity contribution in [1.82, 2.24) is 15.2 Å². The molecule has 5 heteroatoms. The largest absolute Gasteiger partial charge is 0.349 e. The van der Waals surface area contributed by atoms with Crippen LogP contribution in [0, 0.1) is 19.8 Å². The maximum absolute atomic E-state index is 12.7. The van der Waals surface area contributed by atoms with Gasteiger partial charge in [0.2, 0.25) is 0 Å². The van der Waals surface area contributed by atoms with Gasteiger partial charge in [-0.3, -0.25) is 4.79 Å². The van der Waals surface area contributed by atoms with Gasteiger partial charge in [0.15, 0.2) is 0 Å². The monoisotopic (exact) mass is 473 g/mol. The minimum Gasteiger partial charge on any atom is -0.349 e. The van der Waals surface area contributed by atoms with Crippen LogP contribution in [0.25, 0.3) is 16.0 Å². The number of hydrogen-bond donors (Lipinski definition) is 1. The van der Waals surface area contributed by atoms with E-state index in [9.17, 15) is 4.79 Å². The lowest BCUT2D eigenvalue weighted by molar-refractivity contribution is -0.118. The number of hydrogen-bond acceptors (Lipinski definition) is 4. The molecule has 1 N–H and O–H groups in total. The van der Waals surface area contributed by atoms with E-state index in [1.807, 2.05) is 18.4 Å². The molecule has 0 bridgehead atoms. The first-order valence-corrected chi connectivity index (χ1v) is 13.0. The van der Waals surface area contributed by atoms with E-state index in [1.165, 1.54) is 21.6 Å². The molecule has 0 saturated heterocycles. The second-order valence-electron chi connectivity index (χ2n) is 9.53. The Kier molecular flexibility index (Phi) is 7.22. The molecule has 0 radical (unpaired) electrons. The van der Waals surface area contributed by atoms with E-state index in [4.69, 9.17) is 0 Å². The Morgan fingerprint density at radius 2 is 2.00 bits per heavy atom. The minimum atomic E-state index is -0.00856. The zero-order valence-corrected chi connectivity index (χ0v) is 21.8. The van der Waals surface area contributed by atoms with Crippen LogP contribution in [-0.4, -0.2) is 21.8 Å². The van der Waals surface area contributed by atoms with Crippen molar-refractivity contribution in [3.63, 3.8) is 0 Å². The molecule has 1 aromatic heterocycles. The molecule has 0 spiro atoms. The number of allylic oxidation sites excluding steroid dienone is 3. The van der Waals surface area contributed by atoms with E-state index >= 15 is 0 Å². The Labute approximate surface area is 207 Å². The van der Waals surface area contributed by atoms with Crippen molar-refractivity contribution >= 4 is 22.8 Å². The first-order chi connectivity index (χ1) is 16.3. The van der Waals surface area contributed by atoms with Gasteiger partial charge < -0.3 is 10.2 Å². The van der Waals surface area contributed by atoms with Crippen LogP contribution in [-0.2, 0) is 4.79 Å². The Bertz CT molecular complexity index is 1190. The summed E-state index contributed by atoms with van der Waals surface area (Å²) in [7, 11) is 0. The summed E-state index contributed by atoms with van der Waals surface area (Å²) in [6, 6.07) is 8.92. The lowest BCUT2D eigenvalue weighted by atomic mass is 9.82. The topological polar surface area (TPSA) is 45.2 Å². The first kappa shape index (κ1) is 24.2. The van der Waals surface area contributed by atoms with Crippen molar-refractivity contribution in [2.75, 3.05) is 0 Å². The summed E-state index contributed by atoms with van der Waals surface area (Å²) in [6.45, 7) is 15.0. The average Bonchev–Trinajstić information content (AvgIpc) is 3.13. The molecular weight excluding hydrogens is 438 g/mol. The third-order valence-corrected chi connectivity index (χ3v) is 7.81. The molecule has 1 aliphatic heterocycles. The number of aromatic nitrogens is 1. The predicted octanol–water partition coefficient (Wildman–Crippen LogP) is 7.14. The van der Waals surface area contributed by atoms with Gasteiger partial charge in [0, 0.05) is 34.8 Å². The lowest BCUT2D eigenvalue weighted by Gasteiger charge is -2.34. The predicted molar refractivity (Wildman–Crippen MR) is 143 cm³/mol.